The van der Waals surface area contributed by atoms with Crippen molar-refractivity contribution in [3.63, 3.8) is 0 Å². The lowest BCUT2D eigenvalue weighted by atomic mass is 9.98. The fourth-order valence-electron chi connectivity index (χ4n) is 1.42. The number of nitrogens with one attached hydrogen (secondary N) is 1. The Morgan fingerprint density at radius 3 is 2.67 bits per heavy atom. The lowest BCUT2D eigenvalue weighted by molar-refractivity contribution is 0.585. The molecule has 0 aliphatic rings. The summed E-state index contributed by atoms with van der Waals surface area (Å²) in [7, 11) is -0.716. The van der Waals surface area contributed by atoms with Gasteiger partial charge in [0.25, 0.3) is 0 Å². The van der Waals surface area contributed by atoms with E-state index < -0.39 is 10.8 Å². The fraction of sp³-hybridized carbons (Fsp3) is 0.769. The van der Waals surface area contributed by atoms with Gasteiger partial charge in [0.2, 0.25) is 0 Å². The van der Waals surface area contributed by atoms with Crippen molar-refractivity contribution < 1.29 is 4.21 Å². The van der Waals surface area contributed by atoms with Gasteiger partial charge in [-0.1, -0.05) is 27.7 Å². The molecule has 0 radical (unpaired) electrons. The average Bonchev–Trinajstić information content (AvgIpc) is 2.72. The van der Waals surface area contributed by atoms with Gasteiger partial charge in [0.15, 0.2) is 0 Å². The second-order valence-corrected chi connectivity index (χ2v) is 8.57. The number of aromatic nitrogens is 1. The molecule has 1 N–H and O–H groups in total. The highest BCUT2D eigenvalue weighted by molar-refractivity contribution is 7.84. The van der Waals surface area contributed by atoms with Crippen molar-refractivity contribution in [2.45, 2.75) is 51.3 Å². The summed E-state index contributed by atoms with van der Waals surface area (Å²) in [4.78, 5) is 5.73. The maximum absolute atomic E-state index is 11.2. The second kappa shape index (κ2) is 6.78. The summed E-state index contributed by atoms with van der Waals surface area (Å²) >= 11 is 1.77. The van der Waals surface area contributed by atoms with Crippen LogP contribution in [-0.4, -0.2) is 27.2 Å². The van der Waals surface area contributed by atoms with Crippen LogP contribution in [0.2, 0.25) is 0 Å². The summed E-state index contributed by atoms with van der Waals surface area (Å²) in [5.74, 6) is 0. The van der Waals surface area contributed by atoms with Crippen molar-refractivity contribution in [1.29, 1.82) is 0 Å². The Morgan fingerprint density at radius 2 is 2.17 bits per heavy atom. The molecule has 0 bridgehead atoms. The molecule has 0 saturated heterocycles. The van der Waals surface area contributed by atoms with E-state index in [2.05, 4.69) is 31.1 Å². The van der Waals surface area contributed by atoms with Crippen molar-refractivity contribution in [2.24, 2.45) is 0 Å². The third-order valence-electron chi connectivity index (χ3n) is 2.79. The summed E-state index contributed by atoms with van der Waals surface area (Å²) in [6.07, 6.45) is 4.68. The minimum Gasteiger partial charge on any atom is -0.312 e. The lowest BCUT2D eigenvalue weighted by Crippen LogP contribution is -2.20. The first-order chi connectivity index (χ1) is 8.30. The topological polar surface area (TPSA) is 42.0 Å². The largest absolute Gasteiger partial charge is 0.312 e. The summed E-state index contributed by atoms with van der Waals surface area (Å²) in [6.45, 7) is 10.3. The molecule has 0 aliphatic carbocycles. The normalized spacial score (nSPS) is 15.6. The minimum atomic E-state index is -0.716. The quantitative estimate of drug-likeness (QED) is 0.818. The Morgan fingerprint density at radius 1 is 1.50 bits per heavy atom. The zero-order valence-corrected chi connectivity index (χ0v) is 13.6. The molecule has 5 heteroatoms. The molecular weight excluding hydrogens is 264 g/mol. The van der Waals surface area contributed by atoms with Gasteiger partial charge in [0, 0.05) is 45.3 Å². The van der Waals surface area contributed by atoms with E-state index in [1.807, 2.05) is 13.1 Å². The van der Waals surface area contributed by atoms with Crippen LogP contribution in [0.4, 0.5) is 0 Å². The number of hydrogen-bond donors (Lipinski definition) is 1. The molecule has 1 aromatic rings. The predicted molar refractivity (Wildman–Crippen MR) is 80.7 cm³/mol. The Kier molecular flexibility index (Phi) is 5.95. The number of thiazole rings is 1. The first-order valence-electron chi connectivity index (χ1n) is 6.29. The Bertz CT molecular complexity index is 396. The van der Waals surface area contributed by atoms with Crippen LogP contribution < -0.4 is 5.32 Å². The van der Waals surface area contributed by atoms with Gasteiger partial charge in [-0.2, -0.15) is 0 Å². The van der Waals surface area contributed by atoms with Crippen LogP contribution in [-0.2, 0) is 22.8 Å². The highest BCUT2D eigenvalue weighted by Crippen LogP contribution is 2.26. The molecule has 0 fully saturated rings. The Hall–Kier alpha value is -0.260. The first kappa shape index (κ1) is 15.8. The van der Waals surface area contributed by atoms with E-state index in [-0.39, 0.29) is 10.7 Å². The average molecular weight is 288 g/mol. The predicted octanol–water partition coefficient (Wildman–Crippen LogP) is 2.69. The highest BCUT2D eigenvalue weighted by Gasteiger charge is 2.17. The highest BCUT2D eigenvalue weighted by atomic mass is 32.2. The van der Waals surface area contributed by atoms with E-state index in [4.69, 9.17) is 0 Å². The summed E-state index contributed by atoms with van der Waals surface area (Å²) in [5, 5.41) is 4.84. The zero-order valence-electron chi connectivity index (χ0n) is 11.9. The molecule has 0 aliphatic heterocycles. The number of hydrogen-bond acceptors (Lipinski definition) is 4. The molecule has 0 aromatic carbocycles. The van der Waals surface area contributed by atoms with Crippen molar-refractivity contribution in [3.8, 4) is 0 Å². The van der Waals surface area contributed by atoms with Gasteiger partial charge in [-0.25, -0.2) is 4.98 Å². The smallest absolute Gasteiger partial charge is 0.0981 e. The van der Waals surface area contributed by atoms with Crippen LogP contribution in [0.15, 0.2) is 6.20 Å². The number of rotatable bonds is 6. The van der Waals surface area contributed by atoms with Gasteiger partial charge >= 0.3 is 0 Å². The molecule has 0 saturated carbocycles. The Labute approximate surface area is 117 Å². The van der Waals surface area contributed by atoms with Gasteiger partial charge < -0.3 is 5.32 Å². The first-order valence-corrected chi connectivity index (χ1v) is 8.72. The van der Waals surface area contributed by atoms with E-state index in [9.17, 15) is 4.21 Å². The van der Waals surface area contributed by atoms with Crippen molar-refractivity contribution in [1.82, 2.24) is 10.3 Å². The van der Waals surface area contributed by atoms with Crippen LogP contribution in [0.3, 0.4) is 0 Å². The third kappa shape index (κ3) is 5.16. The van der Waals surface area contributed by atoms with Crippen LogP contribution in [0, 0.1) is 0 Å². The van der Waals surface area contributed by atoms with E-state index in [1.54, 1.807) is 17.6 Å². The Balaban J connectivity index is 2.32. The minimum absolute atomic E-state index is 0.135. The maximum Gasteiger partial charge on any atom is 0.0981 e. The molecule has 0 spiro atoms. The van der Waals surface area contributed by atoms with Crippen LogP contribution in [0.1, 0.15) is 44.0 Å². The summed E-state index contributed by atoms with van der Waals surface area (Å²) in [5.41, 5.74) is 0.135. The lowest BCUT2D eigenvalue weighted by Gasteiger charge is -2.13. The van der Waals surface area contributed by atoms with Gasteiger partial charge in [0.05, 0.1) is 5.01 Å². The zero-order chi connectivity index (χ0) is 13.8. The fourth-order valence-corrected chi connectivity index (χ4v) is 2.81. The molecule has 3 nitrogen and oxygen atoms in total. The van der Waals surface area contributed by atoms with Gasteiger partial charge in [0.1, 0.15) is 0 Å². The molecular formula is C13H24N2OS2. The standard InChI is InChI=1S/C13H24N2OS2/c1-10(18(5)16)6-7-14-8-11-9-15-12(17-11)13(2,3)4/h9-10,14H,6-8H2,1-5H3. The van der Waals surface area contributed by atoms with Crippen molar-refractivity contribution in [2.75, 3.05) is 12.8 Å². The van der Waals surface area contributed by atoms with E-state index in [0.29, 0.717) is 0 Å². The SMILES string of the molecule is CC(CCNCc1cnc(C(C)(C)C)s1)S(C)=O. The third-order valence-corrected chi connectivity index (χ3v) is 5.58. The molecule has 1 rings (SSSR count). The summed E-state index contributed by atoms with van der Waals surface area (Å²) in [6, 6.07) is 0. The molecule has 18 heavy (non-hydrogen) atoms. The van der Waals surface area contributed by atoms with Crippen LogP contribution in [0.25, 0.3) is 0 Å². The molecule has 104 valence electrons. The van der Waals surface area contributed by atoms with Crippen LogP contribution >= 0.6 is 11.3 Å². The van der Waals surface area contributed by atoms with Gasteiger partial charge in [-0.15, -0.1) is 11.3 Å². The molecule has 1 heterocycles. The van der Waals surface area contributed by atoms with E-state index in [1.165, 1.54) is 9.88 Å². The number of nitrogens with zero attached hydrogens (tertiary/aromatic N) is 1. The molecule has 2 unspecified atom stereocenters. The second-order valence-electron chi connectivity index (χ2n) is 5.66. The van der Waals surface area contributed by atoms with E-state index in [0.717, 1.165) is 19.5 Å². The van der Waals surface area contributed by atoms with Crippen molar-refractivity contribution >= 4 is 22.1 Å². The maximum atomic E-state index is 11.2. The van der Waals surface area contributed by atoms with Gasteiger partial charge in [-0.3, -0.25) is 4.21 Å². The molecule has 2 atom stereocenters. The summed E-state index contributed by atoms with van der Waals surface area (Å²) < 4.78 is 11.2. The monoisotopic (exact) mass is 288 g/mol. The van der Waals surface area contributed by atoms with Gasteiger partial charge in [-0.05, 0) is 13.0 Å². The van der Waals surface area contributed by atoms with Crippen LogP contribution in [0.5, 0.6) is 0 Å². The van der Waals surface area contributed by atoms with E-state index >= 15 is 0 Å². The van der Waals surface area contributed by atoms with Crippen molar-refractivity contribution in [3.05, 3.63) is 16.1 Å². The molecule has 0 amide bonds. The molecule has 1 aromatic heterocycles.